The molecule has 2 heterocycles. The smallest absolute Gasteiger partial charge is 0.268 e. The summed E-state index contributed by atoms with van der Waals surface area (Å²) in [7, 11) is -5.14. The van der Waals surface area contributed by atoms with Crippen molar-refractivity contribution in [2.45, 2.75) is 71.1 Å². The Hall–Kier alpha value is -3.75. The molecule has 44 heavy (non-hydrogen) atoms. The molecule has 10 heteroatoms. The van der Waals surface area contributed by atoms with Crippen LogP contribution < -0.4 is 0 Å². The van der Waals surface area contributed by atoms with Gasteiger partial charge in [0, 0.05) is 38.4 Å². The highest BCUT2D eigenvalue weighted by Crippen LogP contribution is 2.38. The van der Waals surface area contributed by atoms with Crippen molar-refractivity contribution in [2.75, 3.05) is 13.2 Å². The molecule has 5 rings (SSSR count). The molecule has 0 N–H and O–H groups in total. The molecule has 0 aliphatic rings. The van der Waals surface area contributed by atoms with Gasteiger partial charge in [-0.15, -0.1) is 0 Å². The van der Waals surface area contributed by atoms with Crippen LogP contribution in [0.4, 0.5) is 0 Å². The van der Waals surface area contributed by atoms with E-state index in [9.17, 15) is 13.7 Å². The van der Waals surface area contributed by atoms with Crippen molar-refractivity contribution in [3.05, 3.63) is 94.4 Å². The van der Waals surface area contributed by atoms with Crippen LogP contribution in [0.1, 0.15) is 46.7 Å². The minimum absolute atomic E-state index is 0.231. The Morgan fingerprint density at radius 1 is 1.00 bits per heavy atom. The van der Waals surface area contributed by atoms with Crippen LogP contribution in [0.3, 0.4) is 0 Å². The van der Waals surface area contributed by atoms with Gasteiger partial charge in [-0.25, -0.2) is 17.4 Å². The van der Waals surface area contributed by atoms with Crippen LogP contribution >= 0.6 is 0 Å². The molecule has 0 saturated carbocycles. The molecule has 0 saturated heterocycles. The molecule has 3 aromatic carbocycles. The van der Waals surface area contributed by atoms with Gasteiger partial charge in [0.1, 0.15) is 18.7 Å². The van der Waals surface area contributed by atoms with Crippen LogP contribution in [0.5, 0.6) is 0 Å². The van der Waals surface area contributed by atoms with Gasteiger partial charge < -0.3 is 14.0 Å². The average Bonchev–Trinajstić information content (AvgIpc) is 3.57. The van der Waals surface area contributed by atoms with Gasteiger partial charge in [0.15, 0.2) is 0 Å². The number of hydrogen-bond acceptors (Lipinski definition) is 6. The fourth-order valence-electron chi connectivity index (χ4n) is 5.62. The molecule has 2 aromatic heterocycles. The minimum Gasteiger partial charge on any atom is -0.366 e. The maximum atomic E-state index is 13.9. The molecule has 5 aromatic rings. The summed E-state index contributed by atoms with van der Waals surface area (Å²) in [5.74, 6) is 0.646. The summed E-state index contributed by atoms with van der Waals surface area (Å²) < 4.78 is 43.8. The quantitative estimate of drug-likeness (QED) is 0.111. The van der Waals surface area contributed by atoms with Crippen LogP contribution in [0.15, 0.2) is 65.7 Å². The van der Waals surface area contributed by atoms with E-state index in [1.807, 2.05) is 50.5 Å². The second-order valence-corrected chi connectivity index (χ2v) is 19.9. The topological polar surface area (TPSA) is 99.1 Å². The molecule has 0 fully saturated rings. The van der Waals surface area contributed by atoms with Crippen molar-refractivity contribution < 1.29 is 17.9 Å². The Morgan fingerprint density at radius 3 is 2.39 bits per heavy atom. The van der Waals surface area contributed by atoms with E-state index < -0.39 is 24.2 Å². The lowest BCUT2D eigenvalue weighted by Gasteiger charge is -2.23. The van der Waals surface area contributed by atoms with Gasteiger partial charge >= 0.3 is 0 Å². The van der Waals surface area contributed by atoms with Crippen molar-refractivity contribution in [1.82, 2.24) is 13.5 Å². The van der Waals surface area contributed by atoms with Crippen molar-refractivity contribution in [3.8, 4) is 6.07 Å². The molecular formula is C34H40N4O4SSi. The largest absolute Gasteiger partial charge is 0.366 e. The lowest BCUT2D eigenvalue weighted by Crippen LogP contribution is -2.22. The normalized spacial score (nSPS) is 13.0. The van der Waals surface area contributed by atoms with Crippen molar-refractivity contribution >= 4 is 40.0 Å². The number of ether oxygens (including phenoxy) is 2. The standard InChI is InChI=1S/C34H40N4O4SSi/c1-8-42-33(34-36-29-20-26(21-35)11-14-30(29)37(34)22-41-17-18-44(5,6)7)31-24(3)19-25(4)32-28(31)15-16-38(32)43(39,40)27-12-9-23(2)10-13-27/h9-16,19-20,33H,8,17-18,22H2,1-7H3. The Morgan fingerprint density at radius 2 is 1.73 bits per heavy atom. The van der Waals surface area contributed by atoms with E-state index in [0.717, 1.165) is 39.2 Å². The summed E-state index contributed by atoms with van der Waals surface area (Å²) in [4.78, 5) is 5.25. The molecular weight excluding hydrogens is 589 g/mol. The molecule has 1 atom stereocenters. The predicted octanol–water partition coefficient (Wildman–Crippen LogP) is 7.46. The van der Waals surface area contributed by atoms with Gasteiger partial charge in [0.05, 0.1) is 33.1 Å². The van der Waals surface area contributed by atoms with Crippen LogP contribution in [0, 0.1) is 32.1 Å². The van der Waals surface area contributed by atoms with Crippen LogP contribution in [0.25, 0.3) is 21.9 Å². The molecule has 1 unspecified atom stereocenters. The van der Waals surface area contributed by atoms with Gasteiger partial charge in [0.25, 0.3) is 10.0 Å². The molecule has 0 aliphatic carbocycles. The van der Waals surface area contributed by atoms with Crippen LogP contribution in [-0.4, -0.2) is 43.2 Å². The Balaban J connectivity index is 1.69. The maximum Gasteiger partial charge on any atom is 0.268 e. The van der Waals surface area contributed by atoms with Crippen LogP contribution in [-0.2, 0) is 26.2 Å². The molecule has 0 aliphatic heterocycles. The number of aryl methyl sites for hydroxylation is 3. The number of nitriles is 1. The van der Waals surface area contributed by atoms with E-state index in [1.54, 1.807) is 42.6 Å². The number of aromatic nitrogens is 3. The third-order valence-corrected chi connectivity index (χ3v) is 11.3. The molecule has 0 radical (unpaired) electrons. The second-order valence-electron chi connectivity index (χ2n) is 12.5. The first-order chi connectivity index (χ1) is 20.9. The zero-order chi connectivity index (χ0) is 31.8. The molecule has 0 bridgehead atoms. The number of nitrogens with zero attached hydrogens (tertiary/aromatic N) is 4. The number of hydrogen-bond donors (Lipinski definition) is 0. The third-order valence-electron chi connectivity index (χ3n) is 7.91. The van der Waals surface area contributed by atoms with E-state index in [0.29, 0.717) is 35.6 Å². The van der Waals surface area contributed by atoms with E-state index in [-0.39, 0.29) is 11.6 Å². The minimum atomic E-state index is -3.85. The van der Waals surface area contributed by atoms with Gasteiger partial charge in [-0.3, -0.25) is 0 Å². The third kappa shape index (κ3) is 6.10. The van der Waals surface area contributed by atoms with Gasteiger partial charge in [-0.1, -0.05) is 43.4 Å². The first-order valence-corrected chi connectivity index (χ1v) is 20.0. The summed E-state index contributed by atoms with van der Waals surface area (Å²) >= 11 is 0. The summed E-state index contributed by atoms with van der Waals surface area (Å²) in [6, 6.07) is 19.5. The molecule has 0 spiro atoms. The van der Waals surface area contributed by atoms with Gasteiger partial charge in [-0.2, -0.15) is 5.26 Å². The second kappa shape index (κ2) is 12.3. The van der Waals surface area contributed by atoms with Gasteiger partial charge in [0.2, 0.25) is 0 Å². The van der Waals surface area contributed by atoms with Crippen LogP contribution in [0.2, 0.25) is 25.7 Å². The number of fused-ring (bicyclic) bond motifs is 2. The summed E-state index contributed by atoms with van der Waals surface area (Å²) in [6.45, 7) is 16.1. The number of benzene rings is 3. The summed E-state index contributed by atoms with van der Waals surface area (Å²) in [5, 5.41) is 10.3. The maximum absolute atomic E-state index is 13.9. The molecule has 0 amide bonds. The monoisotopic (exact) mass is 628 g/mol. The zero-order valence-electron chi connectivity index (χ0n) is 26.5. The fourth-order valence-corrected chi connectivity index (χ4v) is 7.78. The van der Waals surface area contributed by atoms with Crippen molar-refractivity contribution in [3.63, 3.8) is 0 Å². The van der Waals surface area contributed by atoms with E-state index in [1.165, 1.54) is 3.97 Å². The zero-order valence-corrected chi connectivity index (χ0v) is 28.3. The molecule has 8 nitrogen and oxygen atoms in total. The summed E-state index contributed by atoms with van der Waals surface area (Å²) in [5.41, 5.74) is 6.31. The van der Waals surface area contributed by atoms with E-state index in [2.05, 4.69) is 25.7 Å². The summed E-state index contributed by atoms with van der Waals surface area (Å²) in [6.07, 6.45) is 1.01. The highest BCUT2D eigenvalue weighted by molar-refractivity contribution is 7.90. The lowest BCUT2D eigenvalue weighted by atomic mass is 9.95. The Bertz CT molecular complexity index is 1980. The van der Waals surface area contributed by atoms with E-state index >= 15 is 0 Å². The molecule has 230 valence electrons. The van der Waals surface area contributed by atoms with Crippen molar-refractivity contribution in [2.24, 2.45) is 0 Å². The number of rotatable bonds is 11. The Labute approximate surface area is 260 Å². The first-order valence-electron chi connectivity index (χ1n) is 14.9. The lowest BCUT2D eigenvalue weighted by molar-refractivity contribution is 0.0599. The fraction of sp³-hybridized carbons (Fsp3) is 0.353. The SMILES string of the molecule is CCOC(c1c(C)cc(C)c2c1ccn2S(=O)(=O)c1ccc(C)cc1)c1nc2cc(C#N)ccc2n1COCC[Si](C)(C)C. The first kappa shape index (κ1) is 31.7. The average molecular weight is 629 g/mol. The Kier molecular flexibility index (Phi) is 8.87. The van der Waals surface area contributed by atoms with E-state index in [4.69, 9.17) is 14.5 Å². The predicted molar refractivity (Wildman–Crippen MR) is 177 cm³/mol. The highest BCUT2D eigenvalue weighted by atomic mass is 32.2. The van der Waals surface area contributed by atoms with Gasteiger partial charge in [-0.05, 0) is 81.3 Å². The number of imidazole rings is 1. The van der Waals surface area contributed by atoms with Crippen molar-refractivity contribution in [1.29, 1.82) is 5.26 Å². The highest BCUT2D eigenvalue weighted by Gasteiger charge is 2.29.